The summed E-state index contributed by atoms with van der Waals surface area (Å²) in [7, 11) is 0. The Morgan fingerprint density at radius 3 is 2.35 bits per heavy atom. The lowest BCUT2D eigenvalue weighted by Gasteiger charge is -2.24. The number of Topliss-reactive ketones (excluding diaryl/α,β-unsaturated/α-hetero) is 1. The first kappa shape index (κ1) is 14.3. The van der Waals surface area contributed by atoms with E-state index in [4.69, 9.17) is 0 Å². The molecule has 0 aliphatic carbocycles. The summed E-state index contributed by atoms with van der Waals surface area (Å²) < 4.78 is 12.9. The van der Waals surface area contributed by atoms with E-state index in [-0.39, 0.29) is 11.6 Å². The SMILES string of the molecule is CCN(CC(=O)c1ccc(F)cc1)c1ccccc1C. The molecule has 0 aliphatic rings. The smallest absolute Gasteiger partial charge is 0.182 e. The third-order valence-electron chi connectivity index (χ3n) is 3.34. The highest BCUT2D eigenvalue weighted by molar-refractivity contribution is 5.99. The maximum atomic E-state index is 12.9. The minimum Gasteiger partial charge on any atom is -0.364 e. The molecule has 3 heteroatoms. The zero-order valence-corrected chi connectivity index (χ0v) is 11.8. The van der Waals surface area contributed by atoms with Crippen molar-refractivity contribution in [2.75, 3.05) is 18.0 Å². The van der Waals surface area contributed by atoms with Gasteiger partial charge in [0, 0.05) is 17.8 Å². The number of anilines is 1. The van der Waals surface area contributed by atoms with Crippen molar-refractivity contribution in [2.24, 2.45) is 0 Å². The molecule has 0 fully saturated rings. The van der Waals surface area contributed by atoms with E-state index in [0.717, 1.165) is 17.8 Å². The standard InChI is InChI=1S/C17H18FNO/c1-3-19(16-7-5-4-6-13(16)2)12-17(20)14-8-10-15(18)11-9-14/h4-11H,3,12H2,1-2H3. The van der Waals surface area contributed by atoms with Crippen LogP contribution in [-0.2, 0) is 0 Å². The van der Waals surface area contributed by atoms with Crippen LogP contribution in [0.2, 0.25) is 0 Å². The molecule has 0 aliphatic heterocycles. The van der Waals surface area contributed by atoms with Gasteiger partial charge in [-0.05, 0) is 49.7 Å². The number of nitrogens with zero attached hydrogens (tertiary/aromatic N) is 1. The number of likely N-dealkylation sites (N-methyl/N-ethyl adjacent to an activating group) is 1. The van der Waals surface area contributed by atoms with Crippen molar-refractivity contribution < 1.29 is 9.18 Å². The van der Waals surface area contributed by atoms with E-state index >= 15 is 0 Å². The fourth-order valence-electron chi connectivity index (χ4n) is 2.19. The third-order valence-corrected chi connectivity index (χ3v) is 3.34. The highest BCUT2D eigenvalue weighted by atomic mass is 19.1. The predicted molar refractivity (Wildman–Crippen MR) is 79.8 cm³/mol. The fraction of sp³-hybridized carbons (Fsp3) is 0.235. The largest absolute Gasteiger partial charge is 0.364 e. The Balaban J connectivity index is 2.16. The van der Waals surface area contributed by atoms with Gasteiger partial charge >= 0.3 is 0 Å². The van der Waals surface area contributed by atoms with Crippen LogP contribution in [0.15, 0.2) is 48.5 Å². The summed E-state index contributed by atoms with van der Waals surface area (Å²) in [6.07, 6.45) is 0. The Morgan fingerprint density at radius 2 is 1.75 bits per heavy atom. The van der Waals surface area contributed by atoms with Gasteiger partial charge in [-0.15, -0.1) is 0 Å². The molecule has 0 saturated heterocycles. The molecule has 20 heavy (non-hydrogen) atoms. The van der Waals surface area contributed by atoms with Crippen LogP contribution in [0.1, 0.15) is 22.8 Å². The number of carbonyl (C=O) groups is 1. The number of para-hydroxylation sites is 1. The molecule has 0 unspecified atom stereocenters. The molecule has 2 rings (SSSR count). The van der Waals surface area contributed by atoms with E-state index in [1.54, 1.807) is 0 Å². The molecule has 0 bridgehead atoms. The van der Waals surface area contributed by atoms with Gasteiger partial charge in [0.25, 0.3) is 0 Å². The van der Waals surface area contributed by atoms with Crippen LogP contribution < -0.4 is 4.90 Å². The lowest BCUT2D eigenvalue weighted by Crippen LogP contribution is -2.30. The minimum absolute atomic E-state index is 0.00453. The number of aryl methyl sites for hydroxylation is 1. The summed E-state index contributed by atoms with van der Waals surface area (Å²) in [5.41, 5.74) is 2.74. The molecule has 2 aromatic rings. The van der Waals surface area contributed by atoms with E-state index < -0.39 is 0 Å². The average molecular weight is 271 g/mol. The summed E-state index contributed by atoms with van der Waals surface area (Å²) in [6.45, 7) is 5.09. The highest BCUT2D eigenvalue weighted by Crippen LogP contribution is 2.19. The lowest BCUT2D eigenvalue weighted by atomic mass is 10.1. The number of rotatable bonds is 5. The molecule has 0 radical (unpaired) electrons. The van der Waals surface area contributed by atoms with E-state index in [9.17, 15) is 9.18 Å². The molecular weight excluding hydrogens is 253 g/mol. The van der Waals surface area contributed by atoms with Gasteiger partial charge in [-0.25, -0.2) is 4.39 Å². The second-order valence-electron chi connectivity index (χ2n) is 4.73. The van der Waals surface area contributed by atoms with Crippen LogP contribution in [0.25, 0.3) is 0 Å². The first-order valence-electron chi connectivity index (χ1n) is 6.71. The van der Waals surface area contributed by atoms with Gasteiger partial charge in [-0.1, -0.05) is 18.2 Å². The number of benzene rings is 2. The molecule has 0 heterocycles. The van der Waals surface area contributed by atoms with Crippen LogP contribution in [-0.4, -0.2) is 18.9 Å². The van der Waals surface area contributed by atoms with Gasteiger partial charge in [0.1, 0.15) is 5.82 Å². The molecule has 104 valence electrons. The zero-order valence-electron chi connectivity index (χ0n) is 11.8. The molecule has 2 nitrogen and oxygen atoms in total. The first-order valence-corrected chi connectivity index (χ1v) is 6.71. The van der Waals surface area contributed by atoms with Crippen molar-refractivity contribution in [1.29, 1.82) is 0 Å². The number of carbonyl (C=O) groups excluding carboxylic acids is 1. The molecular formula is C17H18FNO. The first-order chi connectivity index (χ1) is 9.61. The average Bonchev–Trinajstić information content (AvgIpc) is 2.46. The molecule has 0 N–H and O–H groups in total. The van der Waals surface area contributed by atoms with Gasteiger partial charge < -0.3 is 4.90 Å². The Bertz CT molecular complexity index is 592. The Hall–Kier alpha value is -2.16. The number of halogens is 1. The van der Waals surface area contributed by atoms with Gasteiger partial charge in [-0.2, -0.15) is 0 Å². The van der Waals surface area contributed by atoms with E-state index in [1.165, 1.54) is 24.3 Å². The van der Waals surface area contributed by atoms with Crippen LogP contribution in [0.5, 0.6) is 0 Å². The molecule has 0 atom stereocenters. The van der Waals surface area contributed by atoms with Crippen LogP contribution in [0.4, 0.5) is 10.1 Å². The second kappa shape index (κ2) is 6.33. The van der Waals surface area contributed by atoms with Gasteiger partial charge in [-0.3, -0.25) is 4.79 Å². The lowest BCUT2D eigenvalue weighted by molar-refractivity contribution is 0.0999. The molecule has 2 aromatic carbocycles. The second-order valence-corrected chi connectivity index (χ2v) is 4.73. The topological polar surface area (TPSA) is 20.3 Å². The fourth-order valence-corrected chi connectivity index (χ4v) is 2.19. The number of hydrogen-bond acceptors (Lipinski definition) is 2. The molecule has 0 saturated carbocycles. The van der Waals surface area contributed by atoms with Crippen molar-refractivity contribution in [1.82, 2.24) is 0 Å². The molecule has 0 spiro atoms. The highest BCUT2D eigenvalue weighted by Gasteiger charge is 2.13. The van der Waals surface area contributed by atoms with Crippen molar-refractivity contribution in [2.45, 2.75) is 13.8 Å². The predicted octanol–water partition coefficient (Wildman–Crippen LogP) is 3.84. The maximum absolute atomic E-state index is 12.9. The number of ketones is 1. The zero-order chi connectivity index (χ0) is 14.5. The summed E-state index contributed by atoms with van der Waals surface area (Å²) in [4.78, 5) is 14.3. The molecule has 0 amide bonds. The summed E-state index contributed by atoms with van der Waals surface area (Å²) in [6, 6.07) is 13.7. The quantitative estimate of drug-likeness (QED) is 0.770. The molecule has 0 aromatic heterocycles. The van der Waals surface area contributed by atoms with Crippen LogP contribution >= 0.6 is 0 Å². The monoisotopic (exact) mass is 271 g/mol. The third kappa shape index (κ3) is 3.23. The summed E-state index contributed by atoms with van der Waals surface area (Å²) >= 11 is 0. The van der Waals surface area contributed by atoms with E-state index in [0.29, 0.717) is 12.1 Å². The summed E-state index contributed by atoms with van der Waals surface area (Å²) in [5.74, 6) is -0.331. The van der Waals surface area contributed by atoms with E-state index in [2.05, 4.69) is 0 Å². The Labute approximate surface area is 118 Å². The van der Waals surface area contributed by atoms with Crippen molar-refractivity contribution in [3.05, 3.63) is 65.5 Å². The minimum atomic E-state index is -0.326. The van der Waals surface area contributed by atoms with Gasteiger partial charge in [0.05, 0.1) is 6.54 Å². The maximum Gasteiger partial charge on any atom is 0.182 e. The van der Waals surface area contributed by atoms with Crippen LogP contribution in [0.3, 0.4) is 0 Å². The van der Waals surface area contributed by atoms with Gasteiger partial charge in [0.15, 0.2) is 5.78 Å². The normalized spacial score (nSPS) is 10.3. The Kier molecular flexibility index (Phi) is 4.51. The van der Waals surface area contributed by atoms with Crippen LogP contribution in [0, 0.1) is 12.7 Å². The Morgan fingerprint density at radius 1 is 1.10 bits per heavy atom. The summed E-state index contributed by atoms with van der Waals surface area (Å²) in [5, 5.41) is 0. The number of hydrogen-bond donors (Lipinski definition) is 0. The van der Waals surface area contributed by atoms with E-state index in [1.807, 2.05) is 43.0 Å². The van der Waals surface area contributed by atoms with Crippen molar-refractivity contribution in [3.63, 3.8) is 0 Å². The van der Waals surface area contributed by atoms with Crippen molar-refractivity contribution >= 4 is 11.5 Å². The van der Waals surface area contributed by atoms with Crippen molar-refractivity contribution in [3.8, 4) is 0 Å². The van der Waals surface area contributed by atoms with Gasteiger partial charge in [0.2, 0.25) is 0 Å².